The summed E-state index contributed by atoms with van der Waals surface area (Å²) in [5.41, 5.74) is 0.929. The van der Waals surface area contributed by atoms with Crippen molar-refractivity contribution in [3.63, 3.8) is 0 Å². The molecule has 0 aliphatic carbocycles. The summed E-state index contributed by atoms with van der Waals surface area (Å²) in [6.07, 6.45) is 0. The third-order valence-electron chi connectivity index (χ3n) is 3.71. The summed E-state index contributed by atoms with van der Waals surface area (Å²) < 4.78 is 0. The second kappa shape index (κ2) is 9.39. The lowest BCUT2D eigenvalue weighted by Gasteiger charge is -2.21. The fourth-order valence-electron chi connectivity index (χ4n) is 2.33. The van der Waals surface area contributed by atoms with Gasteiger partial charge in [-0.1, -0.05) is 41.4 Å². The maximum absolute atomic E-state index is 12.4. The number of anilines is 1. The van der Waals surface area contributed by atoms with Crippen LogP contribution in [0.5, 0.6) is 0 Å². The highest BCUT2D eigenvalue weighted by molar-refractivity contribution is 6.42. The maximum atomic E-state index is 12.4. The highest BCUT2D eigenvalue weighted by Gasteiger charge is 2.21. The molecule has 0 saturated carbocycles. The Morgan fingerprint density at radius 1 is 1.04 bits per heavy atom. The highest BCUT2D eigenvalue weighted by atomic mass is 35.5. The molecule has 2 rings (SSSR count). The first-order valence-electron chi connectivity index (χ1n) is 8.13. The van der Waals surface area contributed by atoms with Crippen molar-refractivity contribution in [2.24, 2.45) is 0 Å². The van der Waals surface area contributed by atoms with Gasteiger partial charge >= 0.3 is 0 Å². The van der Waals surface area contributed by atoms with Crippen molar-refractivity contribution in [3.05, 3.63) is 64.1 Å². The van der Waals surface area contributed by atoms with Gasteiger partial charge in [0, 0.05) is 18.3 Å². The van der Waals surface area contributed by atoms with Crippen LogP contribution >= 0.6 is 23.2 Å². The summed E-state index contributed by atoms with van der Waals surface area (Å²) in [6, 6.07) is 12.5. The van der Waals surface area contributed by atoms with E-state index in [-0.39, 0.29) is 18.4 Å². The molecule has 2 aromatic carbocycles. The number of rotatable bonds is 6. The van der Waals surface area contributed by atoms with E-state index in [0.29, 0.717) is 21.3 Å². The van der Waals surface area contributed by atoms with Crippen molar-refractivity contribution in [2.45, 2.75) is 13.0 Å². The van der Waals surface area contributed by atoms with Gasteiger partial charge in [-0.05, 0) is 37.3 Å². The van der Waals surface area contributed by atoms with E-state index in [1.165, 1.54) is 18.0 Å². The van der Waals surface area contributed by atoms with E-state index in [2.05, 4.69) is 10.6 Å². The molecular weight excluding hydrogens is 389 g/mol. The standard InChI is InChI=1S/C19H19Cl2N3O3/c1-12(22-18(26)13-6-4-3-5-7-13)19(27)24(2)11-17(25)23-14-8-9-15(20)16(21)10-14/h3-10,12H,11H2,1-2H3,(H,22,26)(H,23,25). The normalized spacial score (nSPS) is 11.4. The molecular formula is C19H19Cl2N3O3. The summed E-state index contributed by atoms with van der Waals surface area (Å²) in [4.78, 5) is 37.9. The topological polar surface area (TPSA) is 78.5 Å². The number of nitrogens with one attached hydrogen (secondary N) is 2. The van der Waals surface area contributed by atoms with Crippen LogP contribution in [0.3, 0.4) is 0 Å². The lowest BCUT2D eigenvalue weighted by Crippen LogP contribution is -2.47. The molecule has 6 nitrogen and oxygen atoms in total. The Kier molecular flexibility index (Phi) is 7.21. The third-order valence-corrected chi connectivity index (χ3v) is 4.45. The lowest BCUT2D eigenvalue weighted by molar-refractivity contribution is -0.134. The number of amides is 3. The first-order chi connectivity index (χ1) is 12.8. The van der Waals surface area contributed by atoms with E-state index in [1.54, 1.807) is 49.4 Å². The molecule has 0 aliphatic rings. The predicted molar refractivity (Wildman–Crippen MR) is 106 cm³/mol. The molecule has 8 heteroatoms. The van der Waals surface area contributed by atoms with Gasteiger partial charge in [-0.25, -0.2) is 0 Å². The Morgan fingerprint density at radius 3 is 2.33 bits per heavy atom. The zero-order valence-corrected chi connectivity index (χ0v) is 16.3. The molecule has 142 valence electrons. The average Bonchev–Trinajstić information content (AvgIpc) is 2.64. The van der Waals surface area contributed by atoms with Crippen LogP contribution in [0.4, 0.5) is 5.69 Å². The van der Waals surface area contributed by atoms with E-state index >= 15 is 0 Å². The van der Waals surface area contributed by atoms with Crippen LogP contribution in [0, 0.1) is 0 Å². The van der Waals surface area contributed by atoms with Gasteiger partial charge in [0.2, 0.25) is 11.8 Å². The Hall–Kier alpha value is -2.57. The van der Waals surface area contributed by atoms with Crippen LogP contribution in [0.1, 0.15) is 17.3 Å². The minimum absolute atomic E-state index is 0.176. The highest BCUT2D eigenvalue weighted by Crippen LogP contribution is 2.24. The predicted octanol–water partition coefficient (Wildman–Crippen LogP) is 3.21. The van der Waals surface area contributed by atoms with Gasteiger partial charge in [0.05, 0.1) is 16.6 Å². The van der Waals surface area contributed by atoms with Crippen molar-refractivity contribution in [3.8, 4) is 0 Å². The van der Waals surface area contributed by atoms with Crippen molar-refractivity contribution < 1.29 is 14.4 Å². The van der Waals surface area contributed by atoms with E-state index in [9.17, 15) is 14.4 Å². The Balaban J connectivity index is 1.89. The van der Waals surface area contributed by atoms with E-state index < -0.39 is 11.9 Å². The van der Waals surface area contributed by atoms with Crippen molar-refractivity contribution in [2.75, 3.05) is 18.9 Å². The van der Waals surface area contributed by atoms with Gasteiger partial charge in [-0.2, -0.15) is 0 Å². The van der Waals surface area contributed by atoms with Gasteiger partial charge in [0.1, 0.15) is 6.04 Å². The Bertz CT molecular complexity index is 843. The molecule has 0 heterocycles. The maximum Gasteiger partial charge on any atom is 0.251 e. The largest absolute Gasteiger partial charge is 0.341 e. The number of carbonyl (C=O) groups excluding carboxylic acids is 3. The molecule has 1 unspecified atom stereocenters. The van der Waals surface area contributed by atoms with Crippen molar-refractivity contribution >= 4 is 46.6 Å². The number of benzene rings is 2. The fourth-order valence-corrected chi connectivity index (χ4v) is 2.63. The third kappa shape index (κ3) is 5.98. The molecule has 0 spiro atoms. The van der Waals surface area contributed by atoms with Crippen LogP contribution in [0.25, 0.3) is 0 Å². The quantitative estimate of drug-likeness (QED) is 0.771. The molecule has 27 heavy (non-hydrogen) atoms. The molecule has 0 saturated heterocycles. The summed E-state index contributed by atoms with van der Waals surface area (Å²) in [5, 5.41) is 5.95. The van der Waals surface area contributed by atoms with Crippen LogP contribution in [-0.2, 0) is 9.59 Å². The van der Waals surface area contributed by atoms with Crippen molar-refractivity contribution in [1.29, 1.82) is 0 Å². The Morgan fingerprint density at radius 2 is 1.70 bits per heavy atom. The smallest absolute Gasteiger partial charge is 0.251 e. The number of carbonyl (C=O) groups is 3. The molecule has 1 atom stereocenters. The van der Waals surface area contributed by atoms with Gasteiger partial charge in [-0.15, -0.1) is 0 Å². The van der Waals surface area contributed by atoms with Crippen LogP contribution < -0.4 is 10.6 Å². The van der Waals surface area contributed by atoms with Gasteiger partial charge in [0.25, 0.3) is 5.91 Å². The number of hydrogen-bond acceptors (Lipinski definition) is 3. The number of likely N-dealkylation sites (N-methyl/N-ethyl adjacent to an activating group) is 1. The van der Waals surface area contributed by atoms with Crippen LogP contribution in [0.2, 0.25) is 10.0 Å². The van der Waals surface area contributed by atoms with E-state index in [0.717, 1.165) is 0 Å². The minimum Gasteiger partial charge on any atom is -0.341 e. The van der Waals surface area contributed by atoms with Gasteiger partial charge in [0.15, 0.2) is 0 Å². The zero-order valence-electron chi connectivity index (χ0n) is 14.8. The van der Waals surface area contributed by atoms with Crippen LogP contribution in [0.15, 0.2) is 48.5 Å². The number of nitrogens with zero attached hydrogens (tertiary/aromatic N) is 1. The molecule has 0 radical (unpaired) electrons. The van der Waals surface area contributed by atoms with Crippen molar-refractivity contribution in [1.82, 2.24) is 10.2 Å². The van der Waals surface area contributed by atoms with E-state index in [1.807, 2.05) is 0 Å². The Labute approximate surface area is 167 Å². The average molecular weight is 408 g/mol. The molecule has 0 aromatic heterocycles. The molecule has 0 bridgehead atoms. The zero-order chi connectivity index (χ0) is 20.0. The molecule has 2 N–H and O–H groups in total. The van der Waals surface area contributed by atoms with Gasteiger partial charge in [-0.3, -0.25) is 14.4 Å². The molecule has 3 amide bonds. The summed E-state index contributed by atoms with van der Waals surface area (Å²) in [7, 11) is 1.49. The number of hydrogen-bond donors (Lipinski definition) is 2. The second-order valence-electron chi connectivity index (χ2n) is 5.93. The lowest BCUT2D eigenvalue weighted by atomic mass is 10.2. The number of halogens is 2. The first kappa shape index (κ1) is 20.7. The summed E-state index contributed by atoms with van der Waals surface area (Å²) >= 11 is 11.7. The van der Waals surface area contributed by atoms with Crippen LogP contribution in [-0.4, -0.2) is 42.3 Å². The SMILES string of the molecule is CC(NC(=O)c1ccccc1)C(=O)N(C)CC(=O)Nc1ccc(Cl)c(Cl)c1. The molecule has 0 aliphatic heterocycles. The fraction of sp³-hybridized carbons (Fsp3) is 0.211. The molecule has 0 fully saturated rings. The monoisotopic (exact) mass is 407 g/mol. The van der Waals surface area contributed by atoms with E-state index in [4.69, 9.17) is 23.2 Å². The minimum atomic E-state index is -0.777. The first-order valence-corrected chi connectivity index (χ1v) is 8.89. The molecule has 2 aromatic rings. The summed E-state index contributed by atoms with van der Waals surface area (Å²) in [6.45, 7) is 1.39. The van der Waals surface area contributed by atoms with Gasteiger partial charge < -0.3 is 15.5 Å². The summed E-state index contributed by atoms with van der Waals surface area (Å²) in [5.74, 6) is -1.14. The second-order valence-corrected chi connectivity index (χ2v) is 6.75.